The molecule has 0 saturated heterocycles. The number of unbranched alkanes of at least 4 members (excludes halogenated alkanes) is 20. The molecule has 6 heteroatoms. The molecule has 0 aliphatic rings. The maximum absolute atomic E-state index is 12.8. The zero-order valence-electron chi connectivity index (χ0n) is 35.7. The van der Waals surface area contributed by atoms with Crippen LogP contribution in [0.15, 0.2) is 0 Å². The molecule has 52 heavy (non-hydrogen) atoms. The predicted molar refractivity (Wildman–Crippen MR) is 231 cm³/mol. The quantitative estimate of drug-likeness (QED) is 0.0482. The first-order chi connectivity index (χ1) is 25.5. The van der Waals surface area contributed by atoms with Crippen LogP contribution in [0.5, 0.6) is 0 Å². The Kier molecular flexibility index (Phi) is 40.7. The van der Waals surface area contributed by atoms with E-state index in [1.807, 2.05) is 0 Å². The van der Waals surface area contributed by atoms with Gasteiger partial charge in [0.15, 0.2) is 0 Å². The lowest BCUT2D eigenvalue weighted by molar-refractivity contribution is -0.123. The summed E-state index contributed by atoms with van der Waals surface area (Å²) in [7, 11) is 0. The molecule has 2 atom stereocenters. The molecule has 5 nitrogen and oxygen atoms in total. The minimum atomic E-state index is 0.266. The fourth-order valence-corrected chi connectivity index (χ4v) is 7.94. The third-order valence-corrected chi connectivity index (χ3v) is 11.3. The van der Waals surface area contributed by atoms with Crippen LogP contribution in [0, 0.1) is 11.8 Å². The first-order valence-electron chi connectivity index (χ1n) is 23.3. The number of hydrogen-bond acceptors (Lipinski definition) is 3. The average Bonchev–Trinajstić information content (AvgIpc) is 3.13. The molecule has 0 radical (unpaired) electrons. The highest BCUT2D eigenvalue weighted by molar-refractivity contribution is 6.18. The molecule has 0 rings (SSSR count). The van der Waals surface area contributed by atoms with E-state index < -0.39 is 0 Å². The van der Waals surface area contributed by atoms with Gasteiger partial charge in [0, 0.05) is 38.4 Å². The van der Waals surface area contributed by atoms with Crippen LogP contribution >= 0.6 is 11.6 Å². The molecule has 0 aliphatic carbocycles. The summed E-state index contributed by atoms with van der Waals surface area (Å²) in [5.41, 5.74) is 0. The molecule has 2 amide bonds. The molecule has 0 aromatic carbocycles. The van der Waals surface area contributed by atoms with Crippen molar-refractivity contribution in [1.82, 2.24) is 15.5 Å². The molecule has 0 bridgehead atoms. The SMILES string of the molecule is CCCCCCCCC(CCCCCC)CC(=O)NCCCCCN(CCCl)CCCCCNC(=O)CC(CCCCCC)CCCCCCCC. The smallest absolute Gasteiger partial charge is 0.220 e. The highest BCUT2D eigenvalue weighted by Crippen LogP contribution is 2.23. The maximum atomic E-state index is 12.8. The lowest BCUT2D eigenvalue weighted by atomic mass is 9.91. The van der Waals surface area contributed by atoms with Gasteiger partial charge in [-0.05, 0) is 76.3 Å². The number of carbonyl (C=O) groups excluding carboxylic acids is 2. The molecule has 310 valence electrons. The molecular formula is C46H92ClN3O2. The van der Waals surface area contributed by atoms with E-state index in [1.165, 1.54) is 154 Å². The Morgan fingerprint density at radius 2 is 0.731 bits per heavy atom. The summed E-state index contributed by atoms with van der Waals surface area (Å²) in [6.07, 6.45) is 39.3. The third-order valence-electron chi connectivity index (χ3n) is 11.2. The van der Waals surface area contributed by atoms with Crippen LogP contribution in [0.3, 0.4) is 0 Å². The Bertz CT molecular complexity index is 693. The Hall–Kier alpha value is -0.810. The Morgan fingerprint density at radius 3 is 1.08 bits per heavy atom. The van der Waals surface area contributed by atoms with Gasteiger partial charge in [-0.15, -0.1) is 11.6 Å². The van der Waals surface area contributed by atoms with Gasteiger partial charge in [0.2, 0.25) is 11.8 Å². The van der Waals surface area contributed by atoms with Crippen molar-refractivity contribution in [3.8, 4) is 0 Å². The number of alkyl halides is 1. The summed E-state index contributed by atoms with van der Waals surface area (Å²) in [5, 5.41) is 6.49. The van der Waals surface area contributed by atoms with E-state index in [0.29, 0.717) is 30.6 Å². The summed E-state index contributed by atoms with van der Waals surface area (Å²) in [4.78, 5) is 28.1. The fraction of sp³-hybridized carbons (Fsp3) is 0.957. The second-order valence-corrected chi connectivity index (χ2v) is 16.7. The van der Waals surface area contributed by atoms with Gasteiger partial charge in [-0.2, -0.15) is 0 Å². The van der Waals surface area contributed by atoms with Crippen LogP contribution in [0.1, 0.15) is 233 Å². The summed E-state index contributed by atoms with van der Waals surface area (Å²) in [6, 6.07) is 0. The summed E-state index contributed by atoms with van der Waals surface area (Å²) in [6.45, 7) is 13.8. The minimum absolute atomic E-state index is 0.266. The summed E-state index contributed by atoms with van der Waals surface area (Å²) in [5.74, 6) is 2.31. The minimum Gasteiger partial charge on any atom is -0.356 e. The second-order valence-electron chi connectivity index (χ2n) is 16.3. The zero-order valence-corrected chi connectivity index (χ0v) is 36.4. The van der Waals surface area contributed by atoms with Gasteiger partial charge in [-0.1, -0.05) is 169 Å². The van der Waals surface area contributed by atoms with Crippen molar-refractivity contribution in [3.63, 3.8) is 0 Å². The van der Waals surface area contributed by atoms with E-state index in [4.69, 9.17) is 11.6 Å². The lowest BCUT2D eigenvalue weighted by Crippen LogP contribution is -2.29. The standard InChI is InChI=1S/C46H92ClN3O2/c1-5-9-13-17-19-25-33-43(31-23-15-11-7-3)41-45(51)48-36-27-21-29-38-50(40-35-47)39-30-22-28-37-49-46(52)42-44(32-24-16-12-8-4)34-26-20-18-14-10-6-2/h43-44H,5-42H2,1-4H3,(H,48,51)(H,49,52). The third kappa shape index (κ3) is 36.2. The number of rotatable bonds is 42. The van der Waals surface area contributed by atoms with Crippen LogP contribution in [0.25, 0.3) is 0 Å². The summed E-state index contributed by atoms with van der Waals surface area (Å²) >= 11 is 6.15. The Morgan fingerprint density at radius 1 is 0.423 bits per heavy atom. The molecule has 0 spiro atoms. The van der Waals surface area contributed by atoms with Crippen molar-refractivity contribution >= 4 is 23.4 Å². The number of amides is 2. The van der Waals surface area contributed by atoms with Gasteiger partial charge in [-0.25, -0.2) is 0 Å². The highest BCUT2D eigenvalue weighted by Gasteiger charge is 2.15. The number of carbonyl (C=O) groups is 2. The van der Waals surface area contributed by atoms with E-state index in [1.54, 1.807) is 0 Å². The first kappa shape index (κ1) is 51.2. The highest BCUT2D eigenvalue weighted by atomic mass is 35.5. The molecule has 0 aromatic rings. The average molecular weight is 755 g/mol. The maximum Gasteiger partial charge on any atom is 0.220 e. The van der Waals surface area contributed by atoms with Gasteiger partial charge in [-0.3, -0.25) is 9.59 Å². The van der Waals surface area contributed by atoms with Crippen LogP contribution < -0.4 is 10.6 Å². The molecule has 0 saturated carbocycles. The Labute approximate surface area is 331 Å². The van der Waals surface area contributed by atoms with Crippen LogP contribution in [0.2, 0.25) is 0 Å². The molecule has 0 aromatic heterocycles. The van der Waals surface area contributed by atoms with Crippen molar-refractivity contribution in [2.45, 2.75) is 233 Å². The van der Waals surface area contributed by atoms with Crippen LogP contribution in [-0.4, -0.2) is 55.3 Å². The number of nitrogens with zero attached hydrogens (tertiary/aromatic N) is 1. The van der Waals surface area contributed by atoms with Crippen LogP contribution in [0.4, 0.5) is 0 Å². The largest absolute Gasteiger partial charge is 0.356 e. The van der Waals surface area contributed by atoms with Gasteiger partial charge >= 0.3 is 0 Å². The topological polar surface area (TPSA) is 61.4 Å². The number of halogens is 1. The van der Waals surface area contributed by atoms with Crippen molar-refractivity contribution < 1.29 is 9.59 Å². The normalized spacial score (nSPS) is 12.7. The number of hydrogen-bond donors (Lipinski definition) is 2. The van der Waals surface area contributed by atoms with E-state index in [9.17, 15) is 9.59 Å². The molecule has 0 aliphatic heterocycles. The fourth-order valence-electron chi connectivity index (χ4n) is 7.70. The number of nitrogens with one attached hydrogen (secondary N) is 2. The predicted octanol–water partition coefficient (Wildman–Crippen LogP) is 13.6. The molecule has 2 N–H and O–H groups in total. The molecule has 0 fully saturated rings. The van der Waals surface area contributed by atoms with Gasteiger partial charge < -0.3 is 15.5 Å². The van der Waals surface area contributed by atoms with Crippen LogP contribution in [-0.2, 0) is 9.59 Å². The van der Waals surface area contributed by atoms with Gasteiger partial charge in [0.25, 0.3) is 0 Å². The van der Waals surface area contributed by atoms with Gasteiger partial charge in [0.1, 0.15) is 0 Å². The monoisotopic (exact) mass is 754 g/mol. The van der Waals surface area contributed by atoms with Gasteiger partial charge in [0.05, 0.1) is 0 Å². The Balaban J connectivity index is 4.21. The zero-order chi connectivity index (χ0) is 38.2. The first-order valence-corrected chi connectivity index (χ1v) is 23.9. The van der Waals surface area contributed by atoms with Crippen molar-refractivity contribution in [3.05, 3.63) is 0 Å². The second kappa shape index (κ2) is 41.4. The van der Waals surface area contributed by atoms with Crippen molar-refractivity contribution in [2.24, 2.45) is 11.8 Å². The molecule has 0 heterocycles. The van der Waals surface area contributed by atoms with E-state index in [-0.39, 0.29) is 11.8 Å². The van der Waals surface area contributed by atoms with E-state index in [2.05, 4.69) is 43.2 Å². The lowest BCUT2D eigenvalue weighted by Gasteiger charge is -2.21. The van der Waals surface area contributed by atoms with Crippen molar-refractivity contribution in [2.75, 3.05) is 38.6 Å². The summed E-state index contributed by atoms with van der Waals surface area (Å²) < 4.78 is 0. The molecular weight excluding hydrogens is 662 g/mol. The van der Waals surface area contributed by atoms with E-state index >= 15 is 0 Å². The van der Waals surface area contributed by atoms with E-state index in [0.717, 1.165) is 71.2 Å². The van der Waals surface area contributed by atoms with Crippen molar-refractivity contribution in [1.29, 1.82) is 0 Å². The molecule has 2 unspecified atom stereocenters.